The van der Waals surface area contributed by atoms with E-state index in [4.69, 9.17) is 8.83 Å². The molecule has 0 saturated heterocycles. The number of amides is 1. The molecule has 1 atom stereocenters. The first kappa shape index (κ1) is 16.1. The smallest absolute Gasteiger partial charge is 0.244 e. The van der Waals surface area contributed by atoms with Crippen molar-refractivity contribution in [1.82, 2.24) is 10.2 Å². The molecule has 0 aliphatic rings. The van der Waals surface area contributed by atoms with E-state index in [0.29, 0.717) is 6.54 Å². The van der Waals surface area contributed by atoms with Crippen LogP contribution < -0.4 is 5.32 Å². The fourth-order valence-electron chi connectivity index (χ4n) is 2.50. The van der Waals surface area contributed by atoms with E-state index in [2.05, 4.69) is 5.32 Å². The second kappa shape index (κ2) is 7.19. The number of likely N-dealkylation sites (N-methyl/N-ethyl adjacent to an activating group) is 1. The summed E-state index contributed by atoms with van der Waals surface area (Å²) in [6.07, 6.45) is 6.36. The minimum Gasteiger partial charge on any atom is -0.472 e. The lowest BCUT2D eigenvalue weighted by Gasteiger charge is -2.22. The highest BCUT2D eigenvalue weighted by atomic mass is 16.3. The molecule has 0 aliphatic heterocycles. The molecule has 0 spiro atoms. The number of hydrogen-bond donors (Lipinski definition) is 1. The molecule has 5 heteroatoms. The van der Waals surface area contributed by atoms with E-state index >= 15 is 0 Å². The number of hydrogen-bond acceptors (Lipinski definition) is 4. The molecule has 124 valence electrons. The number of carbonyl (C=O) groups excluding carboxylic acids is 1. The van der Waals surface area contributed by atoms with Crippen LogP contribution in [-0.2, 0) is 4.79 Å². The molecule has 0 fully saturated rings. The third-order valence-corrected chi connectivity index (χ3v) is 3.84. The summed E-state index contributed by atoms with van der Waals surface area (Å²) in [7, 11) is 3.93. The first-order valence-corrected chi connectivity index (χ1v) is 7.76. The molecule has 1 aromatic carbocycles. The zero-order valence-electron chi connectivity index (χ0n) is 13.7. The van der Waals surface area contributed by atoms with Crippen molar-refractivity contribution in [3.05, 3.63) is 66.3 Å². The molecular formula is C19H20N2O3. The lowest BCUT2D eigenvalue weighted by atomic mass is 10.2. The van der Waals surface area contributed by atoms with Gasteiger partial charge >= 0.3 is 0 Å². The predicted octanol–water partition coefficient (Wildman–Crippen LogP) is 3.46. The van der Waals surface area contributed by atoms with Crippen LogP contribution in [0, 0.1) is 0 Å². The summed E-state index contributed by atoms with van der Waals surface area (Å²) in [5.74, 6) is 0.680. The van der Waals surface area contributed by atoms with Gasteiger partial charge in [-0.25, -0.2) is 0 Å². The molecule has 24 heavy (non-hydrogen) atoms. The van der Waals surface area contributed by atoms with Crippen molar-refractivity contribution >= 4 is 23.0 Å². The van der Waals surface area contributed by atoms with Crippen LogP contribution in [0.25, 0.3) is 17.0 Å². The fraction of sp³-hybridized carbons (Fsp3) is 0.211. The summed E-state index contributed by atoms with van der Waals surface area (Å²) in [5.41, 5.74) is 1.71. The third kappa shape index (κ3) is 3.75. The van der Waals surface area contributed by atoms with Gasteiger partial charge in [0.05, 0.1) is 18.6 Å². The quantitative estimate of drug-likeness (QED) is 0.706. The van der Waals surface area contributed by atoms with Crippen LogP contribution in [-0.4, -0.2) is 31.4 Å². The zero-order chi connectivity index (χ0) is 16.9. The highest BCUT2D eigenvalue weighted by molar-refractivity contribution is 5.91. The van der Waals surface area contributed by atoms with Gasteiger partial charge in [0.15, 0.2) is 0 Å². The van der Waals surface area contributed by atoms with Gasteiger partial charge in [0.25, 0.3) is 0 Å². The monoisotopic (exact) mass is 324 g/mol. The van der Waals surface area contributed by atoms with Gasteiger partial charge in [0.1, 0.15) is 11.3 Å². The second-order valence-electron chi connectivity index (χ2n) is 5.80. The number of carbonyl (C=O) groups is 1. The summed E-state index contributed by atoms with van der Waals surface area (Å²) in [5, 5.41) is 3.97. The maximum Gasteiger partial charge on any atom is 0.244 e. The van der Waals surface area contributed by atoms with Crippen molar-refractivity contribution in [1.29, 1.82) is 0 Å². The molecule has 0 bridgehead atoms. The Morgan fingerprint density at radius 3 is 2.83 bits per heavy atom. The molecule has 0 radical (unpaired) electrons. The standard InChI is InChI=1S/C19H20N2O3/c1-21(2)16(18-11-15-5-3-4-6-17(15)24-18)12-20-19(22)8-7-14-9-10-23-13-14/h3-11,13,16H,12H2,1-2H3,(H,20,22)/b8-7+. The van der Waals surface area contributed by atoms with E-state index in [1.807, 2.05) is 49.3 Å². The number of rotatable bonds is 6. The van der Waals surface area contributed by atoms with E-state index in [1.54, 1.807) is 24.7 Å². The van der Waals surface area contributed by atoms with Crippen LogP contribution in [0.2, 0.25) is 0 Å². The van der Waals surface area contributed by atoms with Gasteiger partial charge in [0, 0.05) is 23.6 Å². The Kier molecular flexibility index (Phi) is 4.82. The molecular weight excluding hydrogens is 304 g/mol. The van der Waals surface area contributed by atoms with E-state index < -0.39 is 0 Å². The van der Waals surface area contributed by atoms with Crippen molar-refractivity contribution in [2.75, 3.05) is 20.6 Å². The normalized spacial score (nSPS) is 13.0. The zero-order valence-corrected chi connectivity index (χ0v) is 13.7. The Morgan fingerprint density at radius 2 is 2.12 bits per heavy atom. The van der Waals surface area contributed by atoms with E-state index in [9.17, 15) is 4.79 Å². The minimum atomic E-state index is -0.154. The molecule has 3 rings (SSSR count). The van der Waals surface area contributed by atoms with Gasteiger partial charge in [0.2, 0.25) is 5.91 Å². The van der Waals surface area contributed by atoms with Crippen molar-refractivity contribution in [2.24, 2.45) is 0 Å². The van der Waals surface area contributed by atoms with Crippen LogP contribution in [0.15, 0.2) is 63.8 Å². The van der Waals surface area contributed by atoms with Crippen LogP contribution in [0.3, 0.4) is 0 Å². The Morgan fingerprint density at radius 1 is 1.29 bits per heavy atom. The maximum atomic E-state index is 12.0. The largest absolute Gasteiger partial charge is 0.472 e. The van der Waals surface area contributed by atoms with Gasteiger partial charge < -0.3 is 14.2 Å². The molecule has 1 N–H and O–H groups in total. The van der Waals surface area contributed by atoms with Crippen LogP contribution >= 0.6 is 0 Å². The van der Waals surface area contributed by atoms with Crippen LogP contribution in [0.4, 0.5) is 0 Å². The number of para-hydroxylation sites is 1. The molecule has 0 aliphatic carbocycles. The van der Waals surface area contributed by atoms with Crippen LogP contribution in [0.1, 0.15) is 17.4 Å². The summed E-state index contributed by atoms with van der Waals surface area (Å²) in [6.45, 7) is 0.460. The predicted molar refractivity (Wildman–Crippen MR) is 93.4 cm³/mol. The topological polar surface area (TPSA) is 58.6 Å². The van der Waals surface area contributed by atoms with Crippen LogP contribution in [0.5, 0.6) is 0 Å². The summed E-state index contributed by atoms with van der Waals surface area (Å²) >= 11 is 0. The van der Waals surface area contributed by atoms with E-state index in [-0.39, 0.29) is 11.9 Å². The molecule has 0 saturated carbocycles. The van der Waals surface area contributed by atoms with Gasteiger partial charge in [-0.1, -0.05) is 18.2 Å². The van der Waals surface area contributed by atoms with Crippen molar-refractivity contribution in [3.8, 4) is 0 Å². The average molecular weight is 324 g/mol. The highest BCUT2D eigenvalue weighted by Crippen LogP contribution is 2.25. The van der Waals surface area contributed by atoms with Crippen molar-refractivity contribution in [3.63, 3.8) is 0 Å². The molecule has 3 aromatic rings. The summed E-state index contributed by atoms with van der Waals surface area (Å²) < 4.78 is 10.9. The minimum absolute atomic E-state index is 0.0383. The Balaban J connectivity index is 1.67. The number of nitrogens with zero attached hydrogens (tertiary/aromatic N) is 1. The lowest BCUT2D eigenvalue weighted by molar-refractivity contribution is -0.116. The van der Waals surface area contributed by atoms with Gasteiger partial charge in [-0.05, 0) is 38.4 Å². The summed E-state index contributed by atoms with van der Waals surface area (Å²) in [4.78, 5) is 14.0. The maximum absolute atomic E-state index is 12.0. The second-order valence-corrected chi connectivity index (χ2v) is 5.80. The molecule has 1 unspecified atom stereocenters. The number of nitrogens with one attached hydrogen (secondary N) is 1. The van der Waals surface area contributed by atoms with E-state index in [0.717, 1.165) is 22.3 Å². The highest BCUT2D eigenvalue weighted by Gasteiger charge is 2.19. The molecule has 2 heterocycles. The van der Waals surface area contributed by atoms with Crippen molar-refractivity contribution in [2.45, 2.75) is 6.04 Å². The Bertz CT molecular complexity index is 798. The average Bonchev–Trinajstić information content (AvgIpc) is 3.22. The molecule has 1 amide bonds. The first-order valence-electron chi connectivity index (χ1n) is 7.76. The van der Waals surface area contributed by atoms with Crippen molar-refractivity contribution < 1.29 is 13.6 Å². The summed E-state index contributed by atoms with van der Waals surface area (Å²) in [6, 6.07) is 11.7. The van der Waals surface area contributed by atoms with Gasteiger partial charge in [-0.3, -0.25) is 9.69 Å². The number of furan rings is 2. The van der Waals surface area contributed by atoms with Gasteiger partial charge in [-0.15, -0.1) is 0 Å². The Hall–Kier alpha value is -2.79. The van der Waals surface area contributed by atoms with E-state index in [1.165, 1.54) is 6.08 Å². The first-order chi connectivity index (χ1) is 11.6. The Labute approximate surface area is 140 Å². The number of fused-ring (bicyclic) bond motifs is 1. The lowest BCUT2D eigenvalue weighted by Crippen LogP contribution is -2.33. The fourth-order valence-corrected chi connectivity index (χ4v) is 2.50. The molecule has 5 nitrogen and oxygen atoms in total. The van der Waals surface area contributed by atoms with Gasteiger partial charge in [-0.2, -0.15) is 0 Å². The molecule has 2 aromatic heterocycles. The number of benzene rings is 1. The SMILES string of the molecule is CN(C)C(CNC(=O)/C=C/c1ccoc1)c1cc2ccccc2o1. The third-order valence-electron chi connectivity index (χ3n) is 3.84.